The zero-order chi connectivity index (χ0) is 14.9. The van der Waals surface area contributed by atoms with Crippen LogP contribution >= 0.6 is 0 Å². The maximum Gasteiger partial charge on any atom is 0.120 e. The molecule has 2 N–H and O–H groups in total. The van der Waals surface area contributed by atoms with Crippen LogP contribution in [0.1, 0.15) is 55.3 Å². The van der Waals surface area contributed by atoms with Crippen LogP contribution in [0.5, 0.6) is 5.75 Å². The summed E-state index contributed by atoms with van der Waals surface area (Å²) < 4.78 is 0. The molecule has 3 heteroatoms. The largest absolute Gasteiger partial charge is 0.508 e. The first-order valence-electron chi connectivity index (χ1n) is 7.63. The van der Waals surface area contributed by atoms with Crippen LogP contribution in [0.4, 0.5) is 0 Å². The number of fused-ring (bicyclic) bond motifs is 1. The number of hydrogen-bond donors (Lipinski definition) is 2. The summed E-state index contributed by atoms with van der Waals surface area (Å²) in [5.74, 6) is 0.975. The van der Waals surface area contributed by atoms with Gasteiger partial charge < -0.3 is 15.3 Å². The van der Waals surface area contributed by atoms with Crippen molar-refractivity contribution in [2.45, 2.75) is 51.6 Å². The predicted octanol–water partition coefficient (Wildman–Crippen LogP) is 3.18. The normalized spacial score (nSPS) is 23.1. The number of benzene rings is 1. The van der Waals surface area contributed by atoms with E-state index in [1.54, 1.807) is 0 Å². The van der Waals surface area contributed by atoms with Gasteiger partial charge in [0.05, 0.1) is 0 Å². The Kier molecular flexibility index (Phi) is 4.71. The number of aromatic hydroxyl groups is 1. The molecule has 1 aromatic carbocycles. The number of nitrogens with zero attached hydrogens (tertiary/aromatic N) is 1. The maximum atomic E-state index is 10.2. The van der Waals surface area contributed by atoms with Gasteiger partial charge in [0.25, 0.3) is 0 Å². The minimum Gasteiger partial charge on any atom is -0.508 e. The Balaban J connectivity index is 2.12. The Labute approximate surface area is 123 Å². The van der Waals surface area contributed by atoms with Crippen molar-refractivity contribution in [2.75, 3.05) is 20.6 Å². The molecule has 0 fully saturated rings. The lowest BCUT2D eigenvalue weighted by Crippen LogP contribution is -2.32. The molecule has 3 atom stereocenters. The topological polar surface area (TPSA) is 35.5 Å². The molecule has 0 radical (unpaired) electrons. The van der Waals surface area contributed by atoms with Gasteiger partial charge in [-0.15, -0.1) is 0 Å². The Morgan fingerprint density at radius 1 is 1.35 bits per heavy atom. The van der Waals surface area contributed by atoms with Crippen LogP contribution in [-0.2, 0) is 0 Å². The van der Waals surface area contributed by atoms with Crippen LogP contribution in [-0.4, -0.2) is 36.7 Å². The maximum absolute atomic E-state index is 10.2. The first-order valence-corrected chi connectivity index (χ1v) is 7.63. The van der Waals surface area contributed by atoms with Gasteiger partial charge >= 0.3 is 0 Å². The standard InChI is InChI=1S/C17H28N2O/c1-11-6-7-15(20)17-14(10-12(2)16(11)17)18-13(3)8-9-19(4)5/h6-7,12-14,18,20H,8-10H2,1-5H3. The van der Waals surface area contributed by atoms with E-state index < -0.39 is 0 Å². The summed E-state index contributed by atoms with van der Waals surface area (Å²) in [5, 5.41) is 13.9. The molecule has 1 aliphatic rings. The third kappa shape index (κ3) is 3.15. The van der Waals surface area contributed by atoms with Crippen LogP contribution in [0.25, 0.3) is 0 Å². The molecule has 0 bridgehead atoms. The second-order valence-electron chi connectivity index (χ2n) is 6.58. The highest BCUT2D eigenvalue weighted by molar-refractivity contribution is 5.50. The van der Waals surface area contributed by atoms with Crippen molar-refractivity contribution in [2.24, 2.45) is 0 Å². The summed E-state index contributed by atoms with van der Waals surface area (Å²) in [7, 11) is 4.21. The van der Waals surface area contributed by atoms with Crippen molar-refractivity contribution in [3.05, 3.63) is 28.8 Å². The first-order chi connectivity index (χ1) is 9.40. The molecule has 2 rings (SSSR count). The summed E-state index contributed by atoms with van der Waals surface area (Å²) in [5.41, 5.74) is 3.78. The molecule has 0 saturated carbocycles. The Morgan fingerprint density at radius 3 is 2.70 bits per heavy atom. The number of hydrogen-bond acceptors (Lipinski definition) is 3. The summed E-state index contributed by atoms with van der Waals surface area (Å²) in [6.07, 6.45) is 2.21. The Bertz CT molecular complexity index is 470. The molecular weight excluding hydrogens is 248 g/mol. The van der Waals surface area contributed by atoms with Gasteiger partial charge in [-0.2, -0.15) is 0 Å². The molecule has 1 aliphatic carbocycles. The van der Waals surface area contributed by atoms with Crippen molar-refractivity contribution in [1.29, 1.82) is 0 Å². The molecule has 0 aliphatic heterocycles. The van der Waals surface area contributed by atoms with Gasteiger partial charge in [0.2, 0.25) is 0 Å². The fraction of sp³-hybridized carbons (Fsp3) is 0.647. The smallest absolute Gasteiger partial charge is 0.120 e. The lowest BCUT2D eigenvalue weighted by Gasteiger charge is -2.22. The third-order valence-corrected chi connectivity index (χ3v) is 4.41. The van der Waals surface area contributed by atoms with Gasteiger partial charge in [0.1, 0.15) is 5.75 Å². The molecule has 0 saturated heterocycles. The van der Waals surface area contributed by atoms with Crippen molar-refractivity contribution < 1.29 is 5.11 Å². The summed E-state index contributed by atoms with van der Waals surface area (Å²) in [4.78, 5) is 2.21. The number of nitrogens with one attached hydrogen (secondary N) is 1. The second kappa shape index (κ2) is 6.15. The van der Waals surface area contributed by atoms with Crippen molar-refractivity contribution in [1.82, 2.24) is 10.2 Å². The van der Waals surface area contributed by atoms with Crippen LogP contribution < -0.4 is 5.32 Å². The van der Waals surface area contributed by atoms with Crippen LogP contribution in [0, 0.1) is 6.92 Å². The van der Waals surface area contributed by atoms with E-state index in [1.165, 1.54) is 11.1 Å². The molecule has 3 unspecified atom stereocenters. The van der Waals surface area contributed by atoms with Crippen LogP contribution in [0.15, 0.2) is 12.1 Å². The zero-order valence-electron chi connectivity index (χ0n) is 13.4. The van der Waals surface area contributed by atoms with Gasteiger partial charge in [-0.1, -0.05) is 13.0 Å². The summed E-state index contributed by atoms with van der Waals surface area (Å²) in [6.45, 7) is 7.73. The Hall–Kier alpha value is -1.06. The average molecular weight is 276 g/mol. The SMILES string of the molecule is Cc1ccc(O)c2c1C(C)CC2NC(C)CCN(C)C. The minimum atomic E-state index is 0.289. The van der Waals surface area contributed by atoms with E-state index in [2.05, 4.69) is 45.1 Å². The van der Waals surface area contributed by atoms with Crippen molar-refractivity contribution in [3.63, 3.8) is 0 Å². The van der Waals surface area contributed by atoms with Gasteiger partial charge in [-0.25, -0.2) is 0 Å². The summed E-state index contributed by atoms with van der Waals surface area (Å²) in [6, 6.07) is 4.62. The number of rotatable bonds is 5. The third-order valence-electron chi connectivity index (χ3n) is 4.41. The molecule has 0 aromatic heterocycles. The fourth-order valence-corrected chi connectivity index (χ4v) is 3.37. The summed E-state index contributed by atoms with van der Waals surface area (Å²) >= 11 is 0. The molecule has 1 aromatic rings. The van der Waals surface area contributed by atoms with E-state index in [9.17, 15) is 5.11 Å². The van der Waals surface area contributed by atoms with E-state index in [1.807, 2.05) is 12.1 Å². The van der Waals surface area contributed by atoms with Crippen molar-refractivity contribution in [3.8, 4) is 5.75 Å². The van der Waals surface area contributed by atoms with Gasteiger partial charge in [-0.3, -0.25) is 0 Å². The lowest BCUT2D eigenvalue weighted by molar-refractivity contribution is 0.344. The van der Waals surface area contributed by atoms with E-state index >= 15 is 0 Å². The van der Waals surface area contributed by atoms with Gasteiger partial charge in [0, 0.05) is 17.6 Å². The van der Waals surface area contributed by atoms with Crippen LogP contribution in [0.2, 0.25) is 0 Å². The highest BCUT2D eigenvalue weighted by atomic mass is 16.3. The van der Waals surface area contributed by atoms with E-state index in [0.717, 1.165) is 24.9 Å². The van der Waals surface area contributed by atoms with E-state index in [-0.39, 0.29) is 6.04 Å². The van der Waals surface area contributed by atoms with Gasteiger partial charge in [0.15, 0.2) is 0 Å². The zero-order valence-corrected chi connectivity index (χ0v) is 13.4. The molecule has 0 heterocycles. The average Bonchev–Trinajstić information content (AvgIpc) is 2.69. The molecule has 0 amide bonds. The molecular formula is C17H28N2O. The molecule has 3 nitrogen and oxygen atoms in total. The minimum absolute atomic E-state index is 0.289. The van der Waals surface area contributed by atoms with E-state index in [4.69, 9.17) is 0 Å². The number of phenols is 1. The second-order valence-corrected chi connectivity index (χ2v) is 6.58. The first kappa shape index (κ1) is 15.3. The van der Waals surface area contributed by atoms with Crippen molar-refractivity contribution >= 4 is 0 Å². The quantitative estimate of drug-likeness (QED) is 0.867. The Morgan fingerprint density at radius 2 is 2.05 bits per heavy atom. The molecule has 0 spiro atoms. The van der Waals surface area contributed by atoms with E-state index in [0.29, 0.717) is 17.7 Å². The van der Waals surface area contributed by atoms with Gasteiger partial charge in [-0.05, 0) is 70.4 Å². The highest BCUT2D eigenvalue weighted by Crippen LogP contribution is 2.46. The number of phenolic OH excluding ortho intramolecular Hbond substituents is 1. The lowest BCUT2D eigenvalue weighted by atomic mass is 9.97. The fourth-order valence-electron chi connectivity index (χ4n) is 3.37. The molecule has 20 heavy (non-hydrogen) atoms. The molecule has 112 valence electrons. The predicted molar refractivity (Wildman–Crippen MR) is 84.4 cm³/mol. The van der Waals surface area contributed by atoms with Crippen LogP contribution in [0.3, 0.4) is 0 Å². The monoisotopic (exact) mass is 276 g/mol. The number of aryl methyl sites for hydroxylation is 1. The highest BCUT2D eigenvalue weighted by Gasteiger charge is 2.32.